The van der Waals surface area contributed by atoms with Crippen LogP contribution in [0.4, 0.5) is 0 Å². The van der Waals surface area contributed by atoms with E-state index < -0.39 is 5.54 Å². The van der Waals surface area contributed by atoms with Crippen LogP contribution in [0.3, 0.4) is 0 Å². The normalized spacial score (nSPS) is 12.5. The van der Waals surface area contributed by atoms with Crippen molar-refractivity contribution in [2.24, 2.45) is 5.73 Å². The lowest BCUT2D eigenvalue weighted by molar-refractivity contribution is -0.126. The third-order valence-corrected chi connectivity index (χ3v) is 3.66. The van der Waals surface area contributed by atoms with E-state index in [1.807, 2.05) is 35.0 Å². The van der Waals surface area contributed by atoms with Gasteiger partial charge < -0.3 is 15.6 Å². The number of halogens is 3. The Balaban J connectivity index is 0.00000220. The molecule has 0 aliphatic rings. The average Bonchev–Trinajstić information content (AvgIpc) is 2.92. The number of benzene rings is 1. The first kappa shape index (κ1) is 20.9. The molecular formula is C14H19BrCl2N4O. The van der Waals surface area contributed by atoms with Gasteiger partial charge in [-0.1, -0.05) is 28.1 Å². The van der Waals surface area contributed by atoms with Gasteiger partial charge >= 0.3 is 0 Å². The lowest BCUT2D eigenvalue weighted by Crippen LogP contribution is -2.49. The van der Waals surface area contributed by atoms with Crippen LogP contribution in [0.2, 0.25) is 0 Å². The van der Waals surface area contributed by atoms with Crippen molar-refractivity contribution in [1.29, 1.82) is 0 Å². The number of hydrogen-bond donors (Lipinski definition) is 2. The molecule has 0 radical (unpaired) electrons. The van der Waals surface area contributed by atoms with Gasteiger partial charge in [0, 0.05) is 30.0 Å². The van der Waals surface area contributed by atoms with Crippen LogP contribution in [0.25, 0.3) is 0 Å². The minimum atomic E-state index is -1.05. The standard InChI is InChI=1S/C14H17BrN4O.2ClH/c1-14(16,11-2-4-12(15)5-3-11)13(20)18-7-9-19-8-6-17-10-19;;/h2-6,8,10H,7,9,16H2,1H3,(H,18,20);2*1H. The quantitative estimate of drug-likeness (QED) is 0.796. The van der Waals surface area contributed by atoms with Crippen molar-refractivity contribution >= 4 is 46.7 Å². The molecule has 1 amide bonds. The topological polar surface area (TPSA) is 72.9 Å². The summed E-state index contributed by atoms with van der Waals surface area (Å²) in [6, 6.07) is 7.44. The molecule has 8 heteroatoms. The van der Waals surface area contributed by atoms with Gasteiger partial charge in [-0.2, -0.15) is 0 Å². The van der Waals surface area contributed by atoms with Gasteiger partial charge in [-0.25, -0.2) is 4.98 Å². The van der Waals surface area contributed by atoms with Gasteiger partial charge in [-0.3, -0.25) is 4.79 Å². The second-order valence-electron chi connectivity index (χ2n) is 4.77. The molecule has 0 bridgehead atoms. The number of carbonyl (C=O) groups is 1. The zero-order chi connectivity index (χ0) is 14.6. The third-order valence-electron chi connectivity index (χ3n) is 3.13. The highest BCUT2D eigenvalue weighted by molar-refractivity contribution is 9.10. The largest absolute Gasteiger partial charge is 0.352 e. The summed E-state index contributed by atoms with van der Waals surface area (Å²) in [6.07, 6.45) is 5.27. The van der Waals surface area contributed by atoms with Crippen molar-refractivity contribution in [2.45, 2.75) is 19.0 Å². The summed E-state index contributed by atoms with van der Waals surface area (Å²) >= 11 is 3.36. The fourth-order valence-corrected chi connectivity index (χ4v) is 2.09. The van der Waals surface area contributed by atoms with Crippen LogP contribution in [0, 0.1) is 0 Å². The predicted octanol–water partition coefficient (Wildman–Crippen LogP) is 2.48. The SMILES string of the molecule is CC(N)(C(=O)NCCn1ccnc1)c1ccc(Br)cc1.Cl.Cl. The van der Waals surface area contributed by atoms with E-state index in [1.165, 1.54) is 0 Å². The second-order valence-corrected chi connectivity index (χ2v) is 5.68. The zero-order valence-corrected chi connectivity index (χ0v) is 15.2. The second kappa shape index (κ2) is 9.15. The van der Waals surface area contributed by atoms with Crippen molar-refractivity contribution in [3.8, 4) is 0 Å². The Labute approximate surface area is 150 Å². The number of nitrogens with zero attached hydrogens (tertiary/aromatic N) is 2. The highest BCUT2D eigenvalue weighted by Crippen LogP contribution is 2.20. The number of nitrogens with one attached hydrogen (secondary N) is 1. The number of amides is 1. The van der Waals surface area contributed by atoms with Crippen molar-refractivity contribution in [2.75, 3.05) is 6.54 Å². The molecule has 5 nitrogen and oxygen atoms in total. The smallest absolute Gasteiger partial charge is 0.244 e. The number of hydrogen-bond acceptors (Lipinski definition) is 3. The van der Waals surface area contributed by atoms with Crippen LogP contribution >= 0.6 is 40.7 Å². The molecule has 1 atom stereocenters. The van der Waals surface area contributed by atoms with E-state index in [9.17, 15) is 4.79 Å². The van der Waals surface area contributed by atoms with E-state index in [2.05, 4.69) is 26.2 Å². The minimum absolute atomic E-state index is 0. The van der Waals surface area contributed by atoms with Crippen molar-refractivity contribution in [1.82, 2.24) is 14.9 Å². The van der Waals surface area contributed by atoms with Crippen LogP contribution in [0.1, 0.15) is 12.5 Å². The van der Waals surface area contributed by atoms with Gasteiger partial charge in [0.15, 0.2) is 0 Å². The van der Waals surface area contributed by atoms with Crippen LogP contribution in [-0.4, -0.2) is 22.0 Å². The van der Waals surface area contributed by atoms with Gasteiger partial charge in [0.1, 0.15) is 5.54 Å². The maximum absolute atomic E-state index is 12.2. The summed E-state index contributed by atoms with van der Waals surface area (Å²) in [5.74, 6) is -0.195. The lowest BCUT2D eigenvalue weighted by atomic mass is 9.92. The van der Waals surface area contributed by atoms with Gasteiger partial charge in [-0.05, 0) is 24.6 Å². The Morgan fingerprint density at radius 1 is 1.36 bits per heavy atom. The number of aromatic nitrogens is 2. The molecule has 0 aliphatic heterocycles. The first-order chi connectivity index (χ1) is 9.50. The lowest BCUT2D eigenvalue weighted by Gasteiger charge is -2.24. The van der Waals surface area contributed by atoms with Crippen LogP contribution in [0.5, 0.6) is 0 Å². The number of nitrogens with two attached hydrogens (primary N) is 1. The van der Waals surface area contributed by atoms with E-state index in [-0.39, 0.29) is 30.7 Å². The third kappa shape index (κ3) is 5.28. The molecule has 2 aromatic rings. The molecule has 22 heavy (non-hydrogen) atoms. The Bertz CT molecular complexity index is 573. The molecule has 0 fully saturated rings. The fraction of sp³-hybridized carbons (Fsp3) is 0.286. The summed E-state index contributed by atoms with van der Waals surface area (Å²) in [5.41, 5.74) is 5.88. The average molecular weight is 410 g/mol. The minimum Gasteiger partial charge on any atom is -0.352 e. The van der Waals surface area contributed by atoms with E-state index in [0.29, 0.717) is 13.1 Å². The molecule has 3 N–H and O–H groups in total. The molecule has 0 spiro atoms. The van der Waals surface area contributed by atoms with Crippen molar-refractivity contribution in [3.05, 3.63) is 53.0 Å². The van der Waals surface area contributed by atoms with E-state index in [1.54, 1.807) is 19.4 Å². The van der Waals surface area contributed by atoms with Gasteiger partial charge in [0.25, 0.3) is 0 Å². The zero-order valence-electron chi connectivity index (χ0n) is 12.0. The molecule has 0 saturated carbocycles. The Hall–Kier alpha value is -1.08. The molecule has 1 heterocycles. The predicted molar refractivity (Wildman–Crippen MR) is 95.4 cm³/mol. The maximum Gasteiger partial charge on any atom is 0.244 e. The molecule has 2 rings (SSSR count). The van der Waals surface area contributed by atoms with Gasteiger partial charge in [0.2, 0.25) is 5.91 Å². The van der Waals surface area contributed by atoms with E-state index in [0.717, 1.165) is 10.0 Å². The molecule has 0 aliphatic carbocycles. The summed E-state index contributed by atoms with van der Waals surface area (Å²) in [6.45, 7) is 2.89. The number of rotatable bonds is 5. The molecule has 1 aromatic heterocycles. The highest BCUT2D eigenvalue weighted by atomic mass is 79.9. The summed E-state index contributed by atoms with van der Waals surface area (Å²) < 4.78 is 2.85. The maximum atomic E-state index is 12.2. The molecule has 122 valence electrons. The highest BCUT2D eigenvalue weighted by Gasteiger charge is 2.29. The number of carbonyl (C=O) groups excluding carboxylic acids is 1. The molecule has 1 aromatic carbocycles. The van der Waals surface area contributed by atoms with Gasteiger partial charge in [0.05, 0.1) is 6.33 Å². The number of imidazole rings is 1. The fourth-order valence-electron chi connectivity index (χ4n) is 1.83. The Morgan fingerprint density at radius 3 is 2.55 bits per heavy atom. The Kier molecular flexibility index (Phi) is 8.70. The van der Waals surface area contributed by atoms with Crippen molar-refractivity contribution in [3.63, 3.8) is 0 Å². The summed E-state index contributed by atoms with van der Waals surface area (Å²) in [7, 11) is 0. The van der Waals surface area contributed by atoms with E-state index in [4.69, 9.17) is 5.73 Å². The molecule has 1 unspecified atom stereocenters. The monoisotopic (exact) mass is 408 g/mol. The summed E-state index contributed by atoms with van der Waals surface area (Å²) in [4.78, 5) is 16.2. The molecular weight excluding hydrogens is 391 g/mol. The Morgan fingerprint density at radius 2 is 2.00 bits per heavy atom. The van der Waals surface area contributed by atoms with Crippen LogP contribution in [-0.2, 0) is 16.9 Å². The van der Waals surface area contributed by atoms with Crippen molar-refractivity contribution < 1.29 is 4.79 Å². The first-order valence-corrected chi connectivity index (χ1v) is 7.08. The van der Waals surface area contributed by atoms with Gasteiger partial charge in [-0.15, -0.1) is 24.8 Å². The summed E-state index contributed by atoms with van der Waals surface area (Å²) in [5, 5.41) is 2.85. The van der Waals surface area contributed by atoms with Crippen LogP contribution in [0.15, 0.2) is 47.5 Å². The van der Waals surface area contributed by atoms with E-state index >= 15 is 0 Å². The first-order valence-electron chi connectivity index (χ1n) is 6.29. The molecule has 0 saturated heterocycles. The van der Waals surface area contributed by atoms with Crippen LogP contribution < -0.4 is 11.1 Å².